The number of ether oxygens (including phenoxy) is 11. The number of hydrogen-bond acceptors (Lipinski definition) is 22. The molecule has 2 heterocycles. The highest BCUT2D eigenvalue weighted by Crippen LogP contribution is 2.38. The third-order valence-electron chi connectivity index (χ3n) is 7.48. The number of carbonyl (C=O) groups is 7. The van der Waals surface area contributed by atoms with Crippen molar-refractivity contribution in [1.82, 2.24) is 0 Å². The van der Waals surface area contributed by atoms with Gasteiger partial charge in [0.1, 0.15) is 31.5 Å². The van der Waals surface area contributed by atoms with E-state index in [9.17, 15) is 53.8 Å². The summed E-state index contributed by atoms with van der Waals surface area (Å²) in [6.07, 6.45) is -17.9. The first-order chi connectivity index (χ1) is 26.2. The van der Waals surface area contributed by atoms with Crippen molar-refractivity contribution >= 4 is 53.2 Å². The summed E-state index contributed by atoms with van der Waals surface area (Å²) in [5.74, 6) is -7.35. The second kappa shape index (κ2) is 19.5. The molecule has 2 aliphatic rings. The van der Waals surface area contributed by atoms with E-state index in [1.54, 1.807) is 0 Å². The highest BCUT2D eigenvalue weighted by atomic mass is 16.8. The minimum atomic E-state index is -1.97. The average Bonchev–Trinajstić information content (AvgIpc) is 3.07. The first-order valence-corrected chi connectivity index (χ1v) is 16.4. The zero-order valence-electron chi connectivity index (χ0n) is 30.8. The summed E-state index contributed by atoms with van der Waals surface area (Å²) in [7, 11) is 0. The van der Waals surface area contributed by atoms with Crippen LogP contribution in [0, 0.1) is 20.2 Å². The molecule has 1 aromatic carbocycles. The Balaban J connectivity index is 2.22. The maximum Gasteiger partial charge on any atom is 0.317 e. The van der Waals surface area contributed by atoms with Crippen molar-refractivity contribution in [3.05, 3.63) is 38.4 Å². The third kappa shape index (κ3) is 12.3. The van der Waals surface area contributed by atoms with Crippen molar-refractivity contribution in [2.45, 2.75) is 110 Å². The van der Waals surface area contributed by atoms with Crippen LogP contribution >= 0.6 is 0 Å². The van der Waals surface area contributed by atoms with Crippen LogP contribution in [0.3, 0.4) is 0 Å². The quantitative estimate of drug-likeness (QED) is 0.101. The van der Waals surface area contributed by atoms with Crippen molar-refractivity contribution in [3.8, 4) is 5.75 Å². The van der Waals surface area contributed by atoms with E-state index in [0.717, 1.165) is 60.6 Å². The van der Waals surface area contributed by atoms with Crippen molar-refractivity contribution in [2.24, 2.45) is 0 Å². The summed E-state index contributed by atoms with van der Waals surface area (Å²) in [4.78, 5) is 107. The van der Waals surface area contributed by atoms with Crippen LogP contribution in [0.5, 0.6) is 5.75 Å². The minimum absolute atomic E-state index is 0.579. The molecule has 0 radical (unpaired) electrons. The molecule has 3 rings (SSSR count). The number of rotatable bonds is 15. The van der Waals surface area contributed by atoms with Crippen LogP contribution < -0.4 is 4.74 Å². The predicted molar refractivity (Wildman–Crippen MR) is 174 cm³/mol. The Kier molecular flexibility index (Phi) is 15.5. The molecule has 2 aliphatic heterocycles. The normalized spacial score (nSPS) is 27.0. The average molecular weight is 803 g/mol. The molecule has 24 heteroatoms. The lowest BCUT2D eigenvalue weighted by Crippen LogP contribution is -2.67. The van der Waals surface area contributed by atoms with E-state index >= 15 is 0 Å². The maximum absolute atomic E-state index is 12.6. The Morgan fingerprint density at radius 1 is 0.554 bits per heavy atom. The summed E-state index contributed by atoms with van der Waals surface area (Å²) in [6, 6.07) is 2.30. The number of non-ortho nitro benzene ring substituents is 1. The lowest BCUT2D eigenvalue weighted by molar-refractivity contribution is -0.395. The highest BCUT2D eigenvalue weighted by Gasteiger charge is 2.58. The number of carbonyl (C=O) groups excluding carboxylic acids is 7. The molecular weight excluding hydrogens is 764 g/mol. The predicted octanol–water partition coefficient (Wildman–Crippen LogP) is 0.502. The van der Waals surface area contributed by atoms with Gasteiger partial charge in [-0.15, -0.1) is 0 Å². The smallest absolute Gasteiger partial charge is 0.317 e. The topological polar surface area (TPSA) is 307 Å². The molecule has 0 spiro atoms. The molecule has 0 amide bonds. The molecule has 0 aromatic heterocycles. The summed E-state index contributed by atoms with van der Waals surface area (Å²) < 4.78 is 61.3. The molecule has 0 aliphatic carbocycles. The van der Waals surface area contributed by atoms with Gasteiger partial charge in [0.25, 0.3) is 5.69 Å². The number of esters is 7. The van der Waals surface area contributed by atoms with E-state index in [1.165, 1.54) is 0 Å². The van der Waals surface area contributed by atoms with Gasteiger partial charge in [-0.05, 0) is 6.07 Å². The fourth-order valence-corrected chi connectivity index (χ4v) is 5.55. The van der Waals surface area contributed by atoms with E-state index in [1.807, 2.05) is 0 Å². The minimum Gasteiger partial charge on any atom is -0.463 e. The van der Waals surface area contributed by atoms with Gasteiger partial charge in [-0.1, -0.05) is 0 Å². The van der Waals surface area contributed by atoms with Gasteiger partial charge in [-0.25, -0.2) is 0 Å². The van der Waals surface area contributed by atoms with Gasteiger partial charge >= 0.3 is 47.5 Å². The number of nitro benzene ring substituents is 2. The Morgan fingerprint density at radius 3 is 1.41 bits per heavy atom. The van der Waals surface area contributed by atoms with Crippen LogP contribution in [-0.2, 0) is 80.9 Å². The first kappa shape index (κ1) is 44.4. The van der Waals surface area contributed by atoms with Crippen molar-refractivity contribution in [2.75, 3.05) is 13.2 Å². The molecule has 308 valence electrons. The van der Waals surface area contributed by atoms with Gasteiger partial charge in [0, 0.05) is 54.5 Å². The lowest BCUT2D eigenvalue weighted by Gasteiger charge is -2.48. The number of hydrogen-bond donors (Lipinski definition) is 0. The van der Waals surface area contributed by atoms with Gasteiger partial charge in [-0.3, -0.25) is 53.8 Å². The maximum atomic E-state index is 12.6. The second-order valence-corrected chi connectivity index (χ2v) is 11.9. The number of nitro groups is 2. The van der Waals surface area contributed by atoms with Crippen molar-refractivity contribution in [1.29, 1.82) is 0 Å². The SMILES string of the molecule is CC(=O)OC[C@H]1O[C@@H](O[C@H]2[C@H](OC(C)=O)[C@H](OC(C)=O)[C@@H](Oc3ccc([N+](=O)[O-])cc3[N+](=O)[O-])O[C@@H]2COC(C)=O)[C@@H](OC(C)=O)[C@@H](OC(C)=O)[C@@H]1OC(C)=O. The van der Waals surface area contributed by atoms with Gasteiger partial charge in [0.2, 0.25) is 18.1 Å². The van der Waals surface area contributed by atoms with E-state index in [2.05, 4.69) is 0 Å². The Morgan fingerprint density at radius 2 is 0.964 bits per heavy atom. The standard InChI is InChI=1S/C32H38N2O22/c1-13(35)46-11-23-25(48-15(3)37)27(49-16(4)38)30(52-19(7)41)32(55-23)56-26-24(12-47-14(2)36)54-31(29(51-18(6)40)28(26)50-17(5)39)53-22-9-8-20(33(42)43)10-21(22)34(44)45/h8-10,23-32H,11-12H2,1-7H3/t23-,24-,25-,26-,27+,28+,29+,30+,31+,32+/m1/s1. The molecule has 0 unspecified atom stereocenters. The molecule has 56 heavy (non-hydrogen) atoms. The van der Waals surface area contributed by atoms with Gasteiger partial charge < -0.3 is 52.1 Å². The zero-order chi connectivity index (χ0) is 42.0. The van der Waals surface area contributed by atoms with Crippen LogP contribution in [-0.4, -0.2) is 126 Å². The first-order valence-electron chi connectivity index (χ1n) is 16.4. The zero-order valence-corrected chi connectivity index (χ0v) is 30.8. The van der Waals surface area contributed by atoms with Gasteiger partial charge in [0.05, 0.1) is 15.9 Å². The molecule has 2 saturated heterocycles. The molecule has 0 bridgehead atoms. The van der Waals surface area contributed by atoms with Crippen LogP contribution in [0.1, 0.15) is 48.5 Å². The summed E-state index contributed by atoms with van der Waals surface area (Å²) in [5.41, 5.74) is -1.62. The molecular formula is C32H38N2O22. The van der Waals surface area contributed by atoms with E-state index in [-0.39, 0.29) is 0 Å². The highest BCUT2D eigenvalue weighted by molar-refractivity contribution is 5.69. The van der Waals surface area contributed by atoms with Gasteiger partial charge in [-0.2, -0.15) is 0 Å². The van der Waals surface area contributed by atoms with E-state index in [4.69, 9.17) is 52.1 Å². The Bertz CT molecular complexity index is 1700. The fourth-order valence-electron chi connectivity index (χ4n) is 5.55. The van der Waals surface area contributed by atoms with Crippen LogP contribution in [0.4, 0.5) is 11.4 Å². The molecule has 0 N–H and O–H groups in total. The lowest BCUT2D eigenvalue weighted by atomic mass is 9.96. The molecule has 10 atom stereocenters. The molecule has 1 aromatic rings. The largest absolute Gasteiger partial charge is 0.463 e. The van der Waals surface area contributed by atoms with Crippen LogP contribution in [0.15, 0.2) is 18.2 Å². The fraction of sp³-hybridized carbons (Fsp3) is 0.594. The van der Waals surface area contributed by atoms with Crippen molar-refractivity contribution < 1.29 is 95.5 Å². The number of benzene rings is 1. The summed E-state index contributed by atoms with van der Waals surface area (Å²) >= 11 is 0. The van der Waals surface area contributed by atoms with E-state index < -0.39 is 143 Å². The van der Waals surface area contributed by atoms with E-state index in [0.29, 0.717) is 6.07 Å². The van der Waals surface area contributed by atoms with Gasteiger partial charge in [0.15, 0.2) is 30.7 Å². The summed E-state index contributed by atoms with van der Waals surface area (Å²) in [6.45, 7) is 5.42. The summed E-state index contributed by atoms with van der Waals surface area (Å²) in [5, 5.41) is 23.2. The third-order valence-corrected chi connectivity index (χ3v) is 7.48. The molecule has 0 saturated carbocycles. The Labute approximate surface area is 316 Å². The number of nitrogens with zero attached hydrogens (tertiary/aromatic N) is 2. The second-order valence-electron chi connectivity index (χ2n) is 11.9. The molecule has 24 nitrogen and oxygen atoms in total. The monoisotopic (exact) mass is 802 g/mol. The Hall–Kier alpha value is -6.01. The van der Waals surface area contributed by atoms with Crippen molar-refractivity contribution in [3.63, 3.8) is 0 Å². The van der Waals surface area contributed by atoms with Crippen LogP contribution in [0.2, 0.25) is 0 Å². The van der Waals surface area contributed by atoms with Crippen LogP contribution in [0.25, 0.3) is 0 Å². The molecule has 2 fully saturated rings.